The number of ether oxygens (including phenoxy) is 1. The maximum Gasteiger partial charge on any atom is 0.317 e. The highest BCUT2D eigenvalue weighted by atomic mass is 16.5. The van der Waals surface area contributed by atoms with Crippen LogP contribution in [0.25, 0.3) is 0 Å². The molecule has 1 N–H and O–H groups in total. The number of amides is 2. The third-order valence-electron chi connectivity index (χ3n) is 5.66. The predicted molar refractivity (Wildman–Crippen MR) is 100 cm³/mol. The fraction of sp³-hybridized carbons (Fsp3) is 0.650. The fourth-order valence-electron chi connectivity index (χ4n) is 4.03. The second-order valence-electron chi connectivity index (χ2n) is 7.71. The highest BCUT2D eigenvalue weighted by Gasteiger charge is 2.44. The van der Waals surface area contributed by atoms with Crippen LogP contribution in [0.1, 0.15) is 38.2 Å². The Hall–Kier alpha value is -1.75. The van der Waals surface area contributed by atoms with Crippen LogP contribution >= 0.6 is 0 Å². The van der Waals surface area contributed by atoms with E-state index in [9.17, 15) is 4.79 Å². The van der Waals surface area contributed by atoms with Crippen molar-refractivity contribution >= 4 is 6.03 Å². The first-order valence-electron chi connectivity index (χ1n) is 9.46. The van der Waals surface area contributed by atoms with Gasteiger partial charge in [-0.1, -0.05) is 17.7 Å². The van der Waals surface area contributed by atoms with Gasteiger partial charge in [0.05, 0.1) is 6.54 Å². The van der Waals surface area contributed by atoms with Gasteiger partial charge in [-0.3, -0.25) is 0 Å². The van der Waals surface area contributed by atoms with Crippen LogP contribution in [-0.4, -0.2) is 60.7 Å². The molecular weight excluding hydrogens is 314 g/mol. The molecule has 5 heteroatoms. The lowest BCUT2D eigenvalue weighted by molar-refractivity contribution is 0.0814. The van der Waals surface area contributed by atoms with Crippen molar-refractivity contribution in [3.05, 3.63) is 29.8 Å². The first-order chi connectivity index (χ1) is 12.0. The van der Waals surface area contributed by atoms with E-state index in [0.29, 0.717) is 6.54 Å². The molecule has 5 nitrogen and oxygen atoms in total. The molecule has 2 aliphatic rings. The summed E-state index contributed by atoms with van der Waals surface area (Å²) in [5, 5.41) is 3.09. The van der Waals surface area contributed by atoms with E-state index >= 15 is 0 Å². The Bertz CT molecular complexity index is 579. The van der Waals surface area contributed by atoms with Crippen molar-refractivity contribution in [1.29, 1.82) is 0 Å². The van der Waals surface area contributed by atoms with Crippen LogP contribution in [0.3, 0.4) is 0 Å². The molecule has 0 unspecified atom stereocenters. The van der Waals surface area contributed by atoms with Crippen molar-refractivity contribution in [2.45, 2.75) is 51.2 Å². The molecule has 2 fully saturated rings. The number of hydrogen-bond donors (Lipinski definition) is 1. The SMILES string of the molecule is Cc1ccc(O[C@@H](C)CNC(=O)N2CCCC23CCN(C)CC3)cc1. The summed E-state index contributed by atoms with van der Waals surface area (Å²) in [5.74, 6) is 0.848. The van der Waals surface area contributed by atoms with Crippen molar-refractivity contribution < 1.29 is 9.53 Å². The van der Waals surface area contributed by atoms with Gasteiger partial charge in [0.1, 0.15) is 11.9 Å². The van der Waals surface area contributed by atoms with E-state index in [2.05, 4.69) is 29.1 Å². The minimum Gasteiger partial charge on any atom is -0.489 e. The molecule has 0 aromatic heterocycles. The number of carbonyl (C=O) groups is 1. The van der Waals surface area contributed by atoms with Crippen LogP contribution in [0.4, 0.5) is 4.79 Å². The number of piperidine rings is 1. The average molecular weight is 345 g/mol. The lowest BCUT2D eigenvalue weighted by Crippen LogP contribution is -2.56. The number of aryl methyl sites for hydroxylation is 1. The third kappa shape index (κ3) is 4.27. The van der Waals surface area contributed by atoms with Gasteiger partial charge < -0.3 is 19.9 Å². The molecule has 2 saturated heterocycles. The normalized spacial score (nSPS) is 21.3. The zero-order valence-electron chi connectivity index (χ0n) is 15.8. The van der Waals surface area contributed by atoms with Gasteiger partial charge in [-0.25, -0.2) is 4.79 Å². The number of nitrogens with one attached hydrogen (secondary N) is 1. The second kappa shape index (κ2) is 7.65. The summed E-state index contributed by atoms with van der Waals surface area (Å²) in [6, 6.07) is 8.09. The molecule has 25 heavy (non-hydrogen) atoms. The Morgan fingerprint density at radius 1 is 1.20 bits per heavy atom. The molecule has 2 amide bonds. The summed E-state index contributed by atoms with van der Waals surface area (Å²) < 4.78 is 5.89. The number of rotatable bonds is 4. The van der Waals surface area contributed by atoms with Crippen molar-refractivity contribution in [1.82, 2.24) is 15.1 Å². The average Bonchev–Trinajstić information content (AvgIpc) is 3.01. The highest BCUT2D eigenvalue weighted by molar-refractivity contribution is 5.75. The maximum atomic E-state index is 12.7. The van der Waals surface area contributed by atoms with Crippen LogP contribution < -0.4 is 10.1 Å². The van der Waals surface area contributed by atoms with Gasteiger partial charge in [0.2, 0.25) is 0 Å². The number of hydrogen-bond acceptors (Lipinski definition) is 3. The monoisotopic (exact) mass is 345 g/mol. The van der Waals surface area contributed by atoms with Crippen LogP contribution in [0.5, 0.6) is 5.75 Å². The zero-order chi connectivity index (χ0) is 17.9. The molecule has 0 aliphatic carbocycles. The smallest absolute Gasteiger partial charge is 0.317 e. The van der Waals surface area contributed by atoms with Gasteiger partial charge in [-0.15, -0.1) is 0 Å². The molecule has 2 heterocycles. The Morgan fingerprint density at radius 3 is 2.56 bits per heavy atom. The highest BCUT2D eigenvalue weighted by Crippen LogP contribution is 2.38. The Balaban J connectivity index is 1.50. The molecule has 0 bridgehead atoms. The predicted octanol–water partition coefficient (Wildman–Crippen LogP) is 3.03. The fourth-order valence-corrected chi connectivity index (χ4v) is 4.03. The van der Waals surface area contributed by atoms with E-state index in [0.717, 1.165) is 51.1 Å². The van der Waals surface area contributed by atoms with Crippen LogP contribution in [-0.2, 0) is 0 Å². The molecule has 138 valence electrons. The molecule has 0 radical (unpaired) electrons. The van der Waals surface area contributed by atoms with Crippen LogP contribution in [0.2, 0.25) is 0 Å². The maximum absolute atomic E-state index is 12.7. The molecule has 2 aliphatic heterocycles. The topological polar surface area (TPSA) is 44.8 Å². The van der Waals surface area contributed by atoms with E-state index in [1.807, 2.05) is 31.2 Å². The Morgan fingerprint density at radius 2 is 1.88 bits per heavy atom. The molecule has 1 aromatic rings. The summed E-state index contributed by atoms with van der Waals surface area (Å²) in [5.41, 5.74) is 1.29. The number of benzene rings is 1. The lowest BCUT2D eigenvalue weighted by Gasteiger charge is -2.44. The summed E-state index contributed by atoms with van der Waals surface area (Å²) in [6.45, 7) is 7.62. The molecule has 1 atom stereocenters. The van der Waals surface area contributed by atoms with Crippen LogP contribution in [0, 0.1) is 6.92 Å². The lowest BCUT2D eigenvalue weighted by atomic mass is 9.85. The van der Waals surface area contributed by atoms with Gasteiger partial charge >= 0.3 is 6.03 Å². The number of urea groups is 1. The number of carbonyl (C=O) groups excluding carboxylic acids is 1. The summed E-state index contributed by atoms with van der Waals surface area (Å²) in [4.78, 5) is 17.2. The van der Waals surface area contributed by atoms with E-state index < -0.39 is 0 Å². The van der Waals surface area contributed by atoms with Gasteiger partial charge in [0.25, 0.3) is 0 Å². The summed E-state index contributed by atoms with van der Waals surface area (Å²) >= 11 is 0. The van der Waals surface area contributed by atoms with Crippen molar-refractivity contribution in [2.75, 3.05) is 33.2 Å². The quantitative estimate of drug-likeness (QED) is 0.912. The number of nitrogens with zero attached hydrogens (tertiary/aromatic N) is 2. The van der Waals surface area contributed by atoms with Gasteiger partial charge in [0, 0.05) is 25.2 Å². The minimum atomic E-state index is -0.0531. The Kier molecular flexibility index (Phi) is 5.52. The third-order valence-corrected chi connectivity index (χ3v) is 5.66. The van der Waals surface area contributed by atoms with E-state index in [1.165, 1.54) is 5.56 Å². The van der Waals surface area contributed by atoms with Crippen LogP contribution in [0.15, 0.2) is 24.3 Å². The van der Waals surface area contributed by atoms with E-state index in [1.54, 1.807) is 0 Å². The zero-order valence-corrected chi connectivity index (χ0v) is 15.8. The first-order valence-corrected chi connectivity index (χ1v) is 9.46. The van der Waals surface area contributed by atoms with Crippen molar-refractivity contribution in [2.24, 2.45) is 0 Å². The summed E-state index contributed by atoms with van der Waals surface area (Å²) in [6.07, 6.45) is 4.39. The van der Waals surface area contributed by atoms with E-state index in [4.69, 9.17) is 4.74 Å². The summed E-state index contributed by atoms with van der Waals surface area (Å²) in [7, 11) is 2.16. The molecule has 0 saturated carbocycles. The molecule has 1 spiro atoms. The molecule has 1 aromatic carbocycles. The van der Waals surface area contributed by atoms with Crippen molar-refractivity contribution in [3.63, 3.8) is 0 Å². The molecule has 3 rings (SSSR count). The Labute approximate surface area is 151 Å². The minimum absolute atomic E-state index is 0.0531. The largest absolute Gasteiger partial charge is 0.489 e. The van der Waals surface area contributed by atoms with E-state index in [-0.39, 0.29) is 17.7 Å². The molecular formula is C20H31N3O2. The first kappa shape index (κ1) is 18.1. The van der Waals surface area contributed by atoms with Gasteiger partial charge in [-0.05, 0) is 58.7 Å². The standard InChI is InChI=1S/C20H31N3O2/c1-16-5-7-18(8-6-16)25-17(2)15-21-19(24)23-12-4-9-20(23)10-13-22(3)14-11-20/h5-8,17H,4,9-15H2,1-3H3,(H,21,24)/t17-/m0/s1. The van der Waals surface area contributed by atoms with Gasteiger partial charge in [0.15, 0.2) is 0 Å². The number of likely N-dealkylation sites (tertiary alicyclic amines) is 2. The van der Waals surface area contributed by atoms with Gasteiger partial charge in [-0.2, -0.15) is 0 Å². The second-order valence-corrected chi connectivity index (χ2v) is 7.71. The van der Waals surface area contributed by atoms with Crippen molar-refractivity contribution in [3.8, 4) is 5.75 Å².